The van der Waals surface area contributed by atoms with Crippen LogP contribution in [0.2, 0.25) is 0 Å². The fourth-order valence-electron chi connectivity index (χ4n) is 1.38. The average Bonchev–Trinajstić information content (AvgIpc) is 2.74. The molecule has 17 heavy (non-hydrogen) atoms. The summed E-state index contributed by atoms with van der Waals surface area (Å²) in [5.41, 5.74) is 6.88. The smallest absolute Gasteiger partial charge is 0.188 e. The second-order valence-corrected chi connectivity index (χ2v) is 4.31. The summed E-state index contributed by atoms with van der Waals surface area (Å²) >= 11 is 3.33. The van der Waals surface area contributed by atoms with Gasteiger partial charge in [0.05, 0.1) is 17.2 Å². The van der Waals surface area contributed by atoms with Crippen molar-refractivity contribution in [2.45, 2.75) is 6.54 Å². The van der Waals surface area contributed by atoms with E-state index in [-0.39, 0.29) is 5.84 Å². The lowest BCUT2D eigenvalue weighted by Crippen LogP contribution is -2.15. The zero-order valence-electron chi connectivity index (χ0n) is 8.79. The van der Waals surface area contributed by atoms with E-state index in [1.165, 1.54) is 0 Å². The van der Waals surface area contributed by atoms with E-state index in [0.717, 1.165) is 10.0 Å². The fraction of sp³-hybridized carbons (Fsp3) is 0.100. The molecule has 0 radical (unpaired) electrons. The Morgan fingerprint density at radius 3 is 3.06 bits per heavy atom. The van der Waals surface area contributed by atoms with Gasteiger partial charge < -0.3 is 10.9 Å². The predicted octanol–water partition coefficient (Wildman–Crippen LogP) is 1.18. The molecule has 0 aromatic carbocycles. The molecule has 0 unspecified atom stereocenters. The van der Waals surface area contributed by atoms with Crippen LogP contribution in [-0.2, 0) is 6.54 Å². The molecule has 2 rings (SSSR count). The Morgan fingerprint density at radius 2 is 2.41 bits per heavy atom. The van der Waals surface area contributed by atoms with Crippen molar-refractivity contribution in [2.75, 3.05) is 0 Å². The number of nitrogens with zero attached hydrogens (tertiary/aromatic N) is 4. The van der Waals surface area contributed by atoms with Gasteiger partial charge in [-0.3, -0.25) is 9.67 Å². The van der Waals surface area contributed by atoms with E-state index in [1.807, 2.05) is 12.3 Å². The van der Waals surface area contributed by atoms with E-state index in [0.29, 0.717) is 12.2 Å². The van der Waals surface area contributed by atoms with Gasteiger partial charge in [-0.05, 0) is 33.6 Å². The molecule has 0 aliphatic carbocycles. The SMILES string of the molecule is NC(=NO)c1cc(Cn2cc(Br)cn2)ccn1. The van der Waals surface area contributed by atoms with E-state index in [1.54, 1.807) is 23.1 Å². The third-order valence-electron chi connectivity index (χ3n) is 2.14. The topological polar surface area (TPSA) is 89.3 Å². The molecule has 0 fully saturated rings. The highest BCUT2D eigenvalue weighted by Gasteiger charge is 2.03. The maximum absolute atomic E-state index is 8.57. The lowest BCUT2D eigenvalue weighted by Gasteiger charge is -2.03. The Morgan fingerprint density at radius 1 is 1.59 bits per heavy atom. The van der Waals surface area contributed by atoms with Gasteiger partial charge in [-0.1, -0.05) is 5.16 Å². The van der Waals surface area contributed by atoms with Crippen molar-refractivity contribution in [2.24, 2.45) is 10.9 Å². The van der Waals surface area contributed by atoms with Gasteiger partial charge in [0.2, 0.25) is 0 Å². The zero-order valence-corrected chi connectivity index (χ0v) is 10.4. The number of hydrogen-bond donors (Lipinski definition) is 2. The summed E-state index contributed by atoms with van der Waals surface area (Å²) in [4.78, 5) is 4.00. The highest BCUT2D eigenvalue weighted by molar-refractivity contribution is 9.10. The molecule has 0 spiro atoms. The number of pyridine rings is 1. The van der Waals surface area contributed by atoms with Crippen LogP contribution in [-0.4, -0.2) is 25.8 Å². The Kier molecular flexibility index (Phi) is 3.38. The molecule has 0 aliphatic rings. The molecule has 2 aromatic heterocycles. The molecule has 7 heteroatoms. The number of amidine groups is 1. The van der Waals surface area contributed by atoms with Gasteiger partial charge in [0.1, 0.15) is 5.69 Å². The van der Waals surface area contributed by atoms with Gasteiger partial charge >= 0.3 is 0 Å². The molecule has 0 atom stereocenters. The van der Waals surface area contributed by atoms with E-state index in [4.69, 9.17) is 10.9 Å². The van der Waals surface area contributed by atoms with E-state index in [2.05, 4.69) is 31.2 Å². The van der Waals surface area contributed by atoms with Crippen molar-refractivity contribution in [1.29, 1.82) is 0 Å². The van der Waals surface area contributed by atoms with Crippen LogP contribution in [0.3, 0.4) is 0 Å². The minimum Gasteiger partial charge on any atom is -0.409 e. The summed E-state index contributed by atoms with van der Waals surface area (Å²) < 4.78 is 2.69. The van der Waals surface area contributed by atoms with Gasteiger partial charge in [0.15, 0.2) is 5.84 Å². The summed E-state index contributed by atoms with van der Waals surface area (Å²) in [5.74, 6) is -0.00602. The van der Waals surface area contributed by atoms with Gasteiger partial charge in [0, 0.05) is 12.4 Å². The van der Waals surface area contributed by atoms with Crippen molar-refractivity contribution < 1.29 is 5.21 Å². The first-order chi connectivity index (χ1) is 8.19. The Labute approximate surface area is 106 Å². The largest absolute Gasteiger partial charge is 0.409 e. The maximum atomic E-state index is 8.57. The summed E-state index contributed by atoms with van der Waals surface area (Å²) in [6.07, 6.45) is 5.19. The molecule has 0 amide bonds. The van der Waals surface area contributed by atoms with E-state index in [9.17, 15) is 0 Å². The molecule has 0 aliphatic heterocycles. The summed E-state index contributed by atoms with van der Waals surface area (Å²) in [7, 11) is 0. The first-order valence-electron chi connectivity index (χ1n) is 4.80. The van der Waals surface area contributed by atoms with Crippen LogP contribution in [0.25, 0.3) is 0 Å². The number of hydrogen-bond acceptors (Lipinski definition) is 4. The van der Waals surface area contributed by atoms with Gasteiger partial charge in [-0.25, -0.2) is 0 Å². The van der Waals surface area contributed by atoms with Gasteiger partial charge in [-0.15, -0.1) is 0 Å². The molecular formula is C10H10BrN5O. The monoisotopic (exact) mass is 295 g/mol. The van der Waals surface area contributed by atoms with Crippen molar-refractivity contribution >= 4 is 21.8 Å². The number of nitrogens with two attached hydrogens (primary N) is 1. The zero-order chi connectivity index (χ0) is 12.3. The van der Waals surface area contributed by atoms with Gasteiger partial charge in [-0.2, -0.15) is 5.10 Å². The Balaban J connectivity index is 2.22. The predicted molar refractivity (Wildman–Crippen MR) is 65.8 cm³/mol. The molecular weight excluding hydrogens is 286 g/mol. The van der Waals surface area contributed by atoms with Crippen molar-refractivity contribution in [3.63, 3.8) is 0 Å². The lowest BCUT2D eigenvalue weighted by molar-refractivity contribution is 0.318. The molecule has 2 heterocycles. The lowest BCUT2D eigenvalue weighted by atomic mass is 10.2. The summed E-state index contributed by atoms with van der Waals surface area (Å²) in [6.45, 7) is 0.597. The average molecular weight is 296 g/mol. The molecule has 0 saturated heterocycles. The maximum Gasteiger partial charge on any atom is 0.188 e. The Bertz CT molecular complexity index is 551. The van der Waals surface area contributed by atoms with Crippen LogP contribution < -0.4 is 5.73 Å². The quantitative estimate of drug-likeness (QED) is 0.385. The van der Waals surface area contributed by atoms with Crippen molar-refractivity contribution in [3.8, 4) is 0 Å². The molecule has 3 N–H and O–H groups in total. The minimum atomic E-state index is -0.00602. The molecule has 88 valence electrons. The highest BCUT2D eigenvalue weighted by atomic mass is 79.9. The Hall–Kier alpha value is -1.89. The van der Waals surface area contributed by atoms with Crippen LogP contribution in [0.5, 0.6) is 0 Å². The normalized spacial score (nSPS) is 11.7. The number of rotatable bonds is 3. The number of halogens is 1. The van der Waals surface area contributed by atoms with Gasteiger partial charge in [0.25, 0.3) is 0 Å². The fourth-order valence-corrected chi connectivity index (χ4v) is 1.70. The van der Waals surface area contributed by atoms with Crippen molar-refractivity contribution in [1.82, 2.24) is 14.8 Å². The summed E-state index contributed by atoms with van der Waals surface area (Å²) in [6, 6.07) is 3.61. The first kappa shape index (κ1) is 11.6. The molecule has 0 bridgehead atoms. The van der Waals surface area contributed by atoms with Crippen molar-refractivity contribution in [3.05, 3.63) is 46.5 Å². The van der Waals surface area contributed by atoms with E-state index >= 15 is 0 Å². The van der Waals surface area contributed by atoms with Crippen LogP contribution in [0.15, 0.2) is 40.4 Å². The minimum absolute atomic E-state index is 0.00602. The summed E-state index contributed by atoms with van der Waals surface area (Å²) in [5, 5.41) is 15.6. The second-order valence-electron chi connectivity index (χ2n) is 3.39. The van der Waals surface area contributed by atoms with E-state index < -0.39 is 0 Å². The third kappa shape index (κ3) is 2.82. The standard InChI is InChI=1S/C10H10BrN5O/c11-8-4-14-16(6-8)5-7-1-2-13-9(3-7)10(12)15-17/h1-4,6,17H,5H2,(H2,12,15). The first-order valence-corrected chi connectivity index (χ1v) is 5.59. The number of aromatic nitrogens is 3. The molecule has 6 nitrogen and oxygen atoms in total. The van der Waals surface area contributed by atoms with Crippen LogP contribution in [0.4, 0.5) is 0 Å². The highest BCUT2D eigenvalue weighted by Crippen LogP contribution is 2.09. The van der Waals surface area contributed by atoms with Crippen LogP contribution in [0.1, 0.15) is 11.3 Å². The van der Waals surface area contributed by atoms with Crippen LogP contribution in [0, 0.1) is 0 Å². The molecule has 2 aromatic rings. The third-order valence-corrected chi connectivity index (χ3v) is 2.55. The van der Waals surface area contributed by atoms with Crippen LogP contribution >= 0.6 is 15.9 Å². The number of oxime groups is 1. The molecule has 0 saturated carbocycles. The second kappa shape index (κ2) is 4.96.